The lowest BCUT2D eigenvalue weighted by Crippen LogP contribution is -2.12. The van der Waals surface area contributed by atoms with Crippen LogP contribution in [0, 0.1) is 0 Å². The van der Waals surface area contributed by atoms with Crippen LogP contribution in [0.3, 0.4) is 0 Å². The Bertz CT molecular complexity index is 956. The maximum atomic E-state index is 12.4. The van der Waals surface area contributed by atoms with Crippen molar-refractivity contribution in [1.29, 1.82) is 0 Å². The smallest absolute Gasteiger partial charge is 0.255 e. The predicted molar refractivity (Wildman–Crippen MR) is 101 cm³/mol. The first-order valence-corrected chi connectivity index (χ1v) is 8.29. The van der Waals surface area contributed by atoms with Gasteiger partial charge in [0.25, 0.3) is 5.91 Å². The van der Waals surface area contributed by atoms with E-state index < -0.39 is 0 Å². The van der Waals surface area contributed by atoms with Crippen LogP contribution in [0.15, 0.2) is 60.8 Å². The Balaban J connectivity index is 1.40. The summed E-state index contributed by atoms with van der Waals surface area (Å²) in [6.45, 7) is 0.174. The Morgan fingerprint density at radius 1 is 1.00 bits per heavy atom. The van der Waals surface area contributed by atoms with E-state index in [1.165, 1.54) is 0 Å². The molecule has 2 N–H and O–H groups in total. The van der Waals surface area contributed by atoms with Crippen LogP contribution in [-0.4, -0.2) is 24.8 Å². The summed E-state index contributed by atoms with van der Waals surface area (Å²) in [5.41, 5.74) is 1.97. The van der Waals surface area contributed by atoms with E-state index in [-0.39, 0.29) is 12.7 Å². The molecule has 7 heteroatoms. The van der Waals surface area contributed by atoms with Gasteiger partial charge in [-0.25, -0.2) is 4.98 Å². The van der Waals surface area contributed by atoms with Crippen molar-refractivity contribution in [3.05, 3.63) is 66.4 Å². The minimum absolute atomic E-state index is 0.174. The number of benzene rings is 2. The lowest BCUT2D eigenvalue weighted by atomic mass is 10.2. The van der Waals surface area contributed by atoms with Crippen molar-refractivity contribution in [1.82, 2.24) is 4.98 Å². The monoisotopic (exact) mass is 363 g/mol. The number of nitrogens with zero attached hydrogens (tertiary/aromatic N) is 1. The van der Waals surface area contributed by atoms with Crippen molar-refractivity contribution < 1.29 is 19.0 Å². The first-order chi connectivity index (χ1) is 13.2. The molecule has 4 rings (SSSR count). The number of ether oxygens (including phenoxy) is 3. The molecule has 0 spiro atoms. The molecule has 3 aromatic rings. The summed E-state index contributed by atoms with van der Waals surface area (Å²) in [6.07, 6.45) is 1.59. The summed E-state index contributed by atoms with van der Waals surface area (Å²) in [4.78, 5) is 16.7. The number of pyridine rings is 1. The second-order valence-electron chi connectivity index (χ2n) is 5.81. The average Bonchev–Trinajstić information content (AvgIpc) is 3.18. The summed E-state index contributed by atoms with van der Waals surface area (Å²) in [5.74, 6) is 2.42. The highest BCUT2D eigenvalue weighted by atomic mass is 16.7. The van der Waals surface area contributed by atoms with Crippen LogP contribution >= 0.6 is 0 Å². The predicted octanol–water partition coefficient (Wildman–Crippen LogP) is 3.81. The third-order valence-electron chi connectivity index (χ3n) is 4.02. The molecule has 2 heterocycles. The van der Waals surface area contributed by atoms with Crippen molar-refractivity contribution in [3.63, 3.8) is 0 Å². The van der Waals surface area contributed by atoms with Crippen LogP contribution in [0.5, 0.6) is 17.2 Å². The minimum Gasteiger partial charge on any atom is -0.497 e. The maximum Gasteiger partial charge on any atom is 0.255 e. The lowest BCUT2D eigenvalue weighted by molar-refractivity contribution is 0.102. The number of carbonyl (C=O) groups is 1. The number of hydrogen-bond acceptors (Lipinski definition) is 6. The van der Waals surface area contributed by atoms with Gasteiger partial charge < -0.3 is 24.8 Å². The largest absolute Gasteiger partial charge is 0.497 e. The Labute approximate surface area is 155 Å². The Morgan fingerprint density at radius 3 is 2.52 bits per heavy atom. The SMILES string of the molecule is COc1ccc(Nc2ccc(NC(=O)c3ccc4c(c3)OCO4)cn2)cc1. The van der Waals surface area contributed by atoms with E-state index in [9.17, 15) is 4.79 Å². The molecule has 1 aliphatic rings. The quantitative estimate of drug-likeness (QED) is 0.717. The molecule has 0 bridgehead atoms. The van der Waals surface area contributed by atoms with E-state index in [4.69, 9.17) is 14.2 Å². The Morgan fingerprint density at radius 2 is 1.78 bits per heavy atom. The number of carbonyl (C=O) groups excluding carboxylic acids is 1. The summed E-state index contributed by atoms with van der Waals surface area (Å²) in [7, 11) is 1.63. The van der Waals surface area contributed by atoms with Crippen LogP contribution in [0.1, 0.15) is 10.4 Å². The molecule has 0 unspecified atom stereocenters. The maximum absolute atomic E-state index is 12.4. The molecular formula is C20H17N3O4. The number of anilines is 3. The van der Waals surface area contributed by atoms with Crippen molar-refractivity contribution in [3.8, 4) is 17.2 Å². The summed E-state index contributed by atoms with van der Waals surface area (Å²) in [5, 5.41) is 6.00. The van der Waals surface area contributed by atoms with Crippen molar-refractivity contribution >= 4 is 23.1 Å². The summed E-state index contributed by atoms with van der Waals surface area (Å²) in [6, 6.07) is 16.2. The zero-order chi connectivity index (χ0) is 18.6. The van der Waals surface area contributed by atoms with Crippen LogP contribution in [0.2, 0.25) is 0 Å². The number of amides is 1. The molecule has 1 aromatic heterocycles. The van der Waals surface area contributed by atoms with E-state index in [0.29, 0.717) is 28.6 Å². The second kappa shape index (κ2) is 7.25. The Kier molecular flexibility index (Phi) is 4.49. The molecule has 27 heavy (non-hydrogen) atoms. The molecule has 0 atom stereocenters. The average molecular weight is 363 g/mol. The second-order valence-corrected chi connectivity index (χ2v) is 5.81. The van der Waals surface area contributed by atoms with Gasteiger partial charge in [0.1, 0.15) is 11.6 Å². The van der Waals surface area contributed by atoms with Crippen LogP contribution in [0.4, 0.5) is 17.2 Å². The van der Waals surface area contributed by atoms with Gasteiger partial charge in [-0.15, -0.1) is 0 Å². The molecule has 1 amide bonds. The van der Waals surface area contributed by atoms with E-state index in [1.807, 2.05) is 24.3 Å². The fraction of sp³-hybridized carbons (Fsp3) is 0.100. The number of fused-ring (bicyclic) bond motifs is 1. The molecule has 0 radical (unpaired) electrons. The first-order valence-electron chi connectivity index (χ1n) is 8.29. The molecule has 0 aliphatic carbocycles. The molecule has 2 aromatic carbocycles. The van der Waals surface area contributed by atoms with Crippen LogP contribution < -0.4 is 24.8 Å². The molecular weight excluding hydrogens is 346 g/mol. The standard InChI is InChI=1S/C20H17N3O4/c1-25-16-6-3-14(4-7-16)22-19-9-5-15(11-21-19)23-20(24)13-2-8-17-18(10-13)27-12-26-17/h2-11H,12H2,1H3,(H,21,22)(H,23,24). The van der Waals surface area contributed by atoms with Crippen molar-refractivity contribution in [2.45, 2.75) is 0 Å². The molecule has 0 saturated heterocycles. The molecule has 7 nitrogen and oxygen atoms in total. The first kappa shape index (κ1) is 16.7. The van der Waals surface area contributed by atoms with Crippen LogP contribution in [-0.2, 0) is 0 Å². The van der Waals surface area contributed by atoms with Gasteiger partial charge in [0, 0.05) is 11.3 Å². The van der Waals surface area contributed by atoms with Gasteiger partial charge in [0.05, 0.1) is 19.0 Å². The summed E-state index contributed by atoms with van der Waals surface area (Å²) < 4.78 is 15.7. The fourth-order valence-corrected chi connectivity index (χ4v) is 2.61. The Hall–Kier alpha value is -3.74. The number of nitrogens with one attached hydrogen (secondary N) is 2. The zero-order valence-corrected chi connectivity index (χ0v) is 14.6. The minimum atomic E-state index is -0.244. The highest BCUT2D eigenvalue weighted by Crippen LogP contribution is 2.32. The molecule has 136 valence electrons. The highest BCUT2D eigenvalue weighted by Gasteiger charge is 2.16. The lowest BCUT2D eigenvalue weighted by Gasteiger charge is -2.09. The third-order valence-corrected chi connectivity index (χ3v) is 4.02. The van der Waals surface area contributed by atoms with Crippen molar-refractivity contribution in [2.75, 3.05) is 24.5 Å². The number of rotatable bonds is 5. The number of aromatic nitrogens is 1. The number of hydrogen-bond donors (Lipinski definition) is 2. The van der Waals surface area contributed by atoms with E-state index in [0.717, 1.165) is 11.4 Å². The van der Waals surface area contributed by atoms with Crippen molar-refractivity contribution in [2.24, 2.45) is 0 Å². The van der Waals surface area contributed by atoms with Gasteiger partial charge in [0.2, 0.25) is 6.79 Å². The molecule has 1 aliphatic heterocycles. The van der Waals surface area contributed by atoms with E-state index in [2.05, 4.69) is 15.6 Å². The number of methoxy groups -OCH3 is 1. The van der Waals surface area contributed by atoms with E-state index in [1.54, 1.807) is 43.6 Å². The summed E-state index contributed by atoms with van der Waals surface area (Å²) >= 11 is 0. The van der Waals surface area contributed by atoms with Gasteiger partial charge in [-0.2, -0.15) is 0 Å². The van der Waals surface area contributed by atoms with E-state index >= 15 is 0 Å². The highest BCUT2D eigenvalue weighted by molar-refractivity contribution is 6.04. The third kappa shape index (κ3) is 3.77. The van der Waals surface area contributed by atoms with Gasteiger partial charge in [-0.1, -0.05) is 0 Å². The molecule has 0 fully saturated rings. The van der Waals surface area contributed by atoms with Gasteiger partial charge in [-0.3, -0.25) is 4.79 Å². The van der Waals surface area contributed by atoms with Gasteiger partial charge in [0.15, 0.2) is 11.5 Å². The normalized spacial score (nSPS) is 11.7. The van der Waals surface area contributed by atoms with Gasteiger partial charge >= 0.3 is 0 Å². The fourth-order valence-electron chi connectivity index (χ4n) is 2.61. The van der Waals surface area contributed by atoms with Gasteiger partial charge in [-0.05, 0) is 54.6 Å². The zero-order valence-electron chi connectivity index (χ0n) is 14.6. The van der Waals surface area contributed by atoms with Crippen LogP contribution in [0.25, 0.3) is 0 Å². The topological polar surface area (TPSA) is 81.7 Å². The molecule has 0 saturated carbocycles.